The van der Waals surface area contributed by atoms with Crippen LogP contribution < -0.4 is 0 Å². The van der Waals surface area contributed by atoms with Crippen molar-refractivity contribution < 1.29 is 0 Å². The van der Waals surface area contributed by atoms with Gasteiger partial charge in [-0.1, -0.05) is 28.4 Å². The van der Waals surface area contributed by atoms with E-state index in [1.165, 1.54) is 34.2 Å². The average molecular weight is 405 g/mol. The van der Waals surface area contributed by atoms with Crippen LogP contribution in [0.1, 0.15) is 36.2 Å². The molecule has 0 radical (unpaired) electrons. The molecule has 0 saturated carbocycles. The molecule has 0 aromatic heterocycles. The van der Waals surface area contributed by atoms with Crippen molar-refractivity contribution in [3.05, 3.63) is 27.3 Å². The Morgan fingerprint density at radius 2 is 2.18 bits per heavy atom. The summed E-state index contributed by atoms with van der Waals surface area (Å²) < 4.78 is 1.26. The van der Waals surface area contributed by atoms with Crippen molar-refractivity contribution in [2.45, 2.75) is 30.6 Å². The zero-order valence-electron chi connectivity index (χ0n) is 9.50. The third kappa shape index (κ3) is 2.26. The van der Waals surface area contributed by atoms with Crippen molar-refractivity contribution in [1.82, 2.24) is 4.90 Å². The van der Waals surface area contributed by atoms with Crippen LogP contribution in [-0.2, 0) is 0 Å². The van der Waals surface area contributed by atoms with Crippen LogP contribution in [0.25, 0.3) is 0 Å². The number of amidine groups is 1. The summed E-state index contributed by atoms with van der Waals surface area (Å²) in [5.74, 6) is 1.26. The fourth-order valence-electron chi connectivity index (χ4n) is 2.50. The molecule has 1 aromatic carbocycles. The highest BCUT2D eigenvalue weighted by Gasteiger charge is 2.28. The number of halogens is 2. The van der Waals surface area contributed by atoms with Crippen molar-refractivity contribution in [3.63, 3.8) is 0 Å². The summed E-state index contributed by atoms with van der Waals surface area (Å²) in [6.45, 7) is 1.13. The van der Waals surface area contributed by atoms with Crippen LogP contribution in [0.2, 0.25) is 0 Å². The summed E-state index contributed by atoms with van der Waals surface area (Å²) in [4.78, 5) is 7.57. The van der Waals surface area contributed by atoms with Crippen molar-refractivity contribution in [1.29, 1.82) is 0 Å². The number of hydrogen-bond acceptors (Lipinski definition) is 2. The van der Waals surface area contributed by atoms with Crippen LogP contribution >= 0.6 is 38.5 Å². The normalized spacial score (nSPS) is 23.5. The summed E-state index contributed by atoms with van der Waals surface area (Å²) in [6.07, 6.45) is 4.99. The molecule has 90 valence electrons. The van der Waals surface area contributed by atoms with Crippen LogP contribution in [0, 0.1) is 3.57 Å². The number of benzene rings is 1. The standard InChI is InChI=1S/C13H14BrIN2/c14-13-10-6-5-9(15)8-11(10)16-12-4-2-1-3-7-17(12)13/h5-6,8,13H,1-4,7H2. The molecule has 0 N–H and O–H groups in total. The van der Waals surface area contributed by atoms with Gasteiger partial charge in [0.1, 0.15) is 10.8 Å². The molecule has 0 aliphatic carbocycles. The molecule has 0 spiro atoms. The molecule has 2 aliphatic rings. The van der Waals surface area contributed by atoms with E-state index in [-0.39, 0.29) is 0 Å². The number of alkyl halides is 1. The number of nitrogens with zero attached hydrogens (tertiary/aromatic N) is 2. The third-order valence-corrected chi connectivity index (χ3v) is 5.06. The van der Waals surface area contributed by atoms with Gasteiger partial charge in [-0.2, -0.15) is 0 Å². The first-order chi connectivity index (χ1) is 8.25. The fraction of sp³-hybridized carbons (Fsp3) is 0.462. The Bertz CT molecular complexity index is 472. The summed E-state index contributed by atoms with van der Waals surface area (Å²) in [5, 5.41) is 0. The Kier molecular flexibility index (Phi) is 3.43. The molecule has 1 unspecified atom stereocenters. The third-order valence-electron chi connectivity index (χ3n) is 3.40. The minimum absolute atomic E-state index is 0.306. The van der Waals surface area contributed by atoms with Crippen molar-refractivity contribution in [3.8, 4) is 0 Å². The lowest BCUT2D eigenvalue weighted by Gasteiger charge is -2.34. The van der Waals surface area contributed by atoms with E-state index in [1.54, 1.807) is 0 Å². The van der Waals surface area contributed by atoms with Crippen molar-refractivity contribution in [2.75, 3.05) is 6.54 Å². The van der Waals surface area contributed by atoms with Gasteiger partial charge in [-0.3, -0.25) is 0 Å². The maximum atomic E-state index is 4.85. The summed E-state index contributed by atoms with van der Waals surface area (Å²) in [6, 6.07) is 6.53. The molecule has 0 bridgehead atoms. The minimum Gasteiger partial charge on any atom is -0.343 e. The van der Waals surface area contributed by atoms with Gasteiger partial charge < -0.3 is 4.90 Å². The van der Waals surface area contributed by atoms with E-state index in [2.05, 4.69) is 61.6 Å². The van der Waals surface area contributed by atoms with Gasteiger partial charge in [-0.05, 0) is 47.6 Å². The van der Waals surface area contributed by atoms with Crippen LogP contribution in [0.3, 0.4) is 0 Å². The first-order valence-electron chi connectivity index (χ1n) is 6.03. The maximum Gasteiger partial charge on any atom is 0.113 e. The highest BCUT2D eigenvalue weighted by atomic mass is 127. The molecule has 17 heavy (non-hydrogen) atoms. The number of fused-ring (bicyclic) bond motifs is 2. The van der Waals surface area contributed by atoms with Gasteiger partial charge in [0.25, 0.3) is 0 Å². The van der Waals surface area contributed by atoms with E-state index < -0.39 is 0 Å². The van der Waals surface area contributed by atoms with Crippen molar-refractivity contribution in [2.24, 2.45) is 4.99 Å². The Morgan fingerprint density at radius 3 is 3.06 bits per heavy atom. The van der Waals surface area contributed by atoms with Crippen LogP contribution in [0.5, 0.6) is 0 Å². The molecule has 1 atom stereocenters. The smallest absolute Gasteiger partial charge is 0.113 e. The summed E-state index contributed by atoms with van der Waals surface area (Å²) in [5.41, 5.74) is 2.45. The molecule has 2 heterocycles. The van der Waals surface area contributed by atoms with Gasteiger partial charge in [-0.15, -0.1) is 0 Å². The number of aliphatic imine (C=N–C) groups is 1. The topological polar surface area (TPSA) is 15.6 Å². The van der Waals surface area contributed by atoms with Crippen LogP contribution in [0.4, 0.5) is 5.69 Å². The predicted octanol–water partition coefficient (Wildman–Crippen LogP) is 4.60. The second kappa shape index (κ2) is 4.88. The van der Waals surface area contributed by atoms with Gasteiger partial charge in [0, 0.05) is 22.1 Å². The molecule has 1 saturated heterocycles. The van der Waals surface area contributed by atoms with E-state index in [1.807, 2.05) is 0 Å². The van der Waals surface area contributed by atoms with Crippen LogP contribution in [0.15, 0.2) is 23.2 Å². The van der Waals surface area contributed by atoms with Crippen molar-refractivity contribution >= 4 is 50.0 Å². The fourth-order valence-corrected chi connectivity index (χ4v) is 3.80. The van der Waals surface area contributed by atoms with Gasteiger partial charge in [0.05, 0.1) is 5.69 Å². The van der Waals surface area contributed by atoms with E-state index in [4.69, 9.17) is 4.99 Å². The van der Waals surface area contributed by atoms with E-state index >= 15 is 0 Å². The molecule has 4 heteroatoms. The first kappa shape index (κ1) is 12.0. The highest BCUT2D eigenvalue weighted by molar-refractivity contribution is 14.1. The van der Waals surface area contributed by atoms with E-state index in [0.29, 0.717) is 4.95 Å². The maximum absolute atomic E-state index is 4.85. The van der Waals surface area contributed by atoms with Gasteiger partial charge >= 0.3 is 0 Å². The predicted molar refractivity (Wildman–Crippen MR) is 83.1 cm³/mol. The SMILES string of the molecule is BrC1c2ccc(I)cc2N=C2CCCCCN21. The highest BCUT2D eigenvalue weighted by Crippen LogP contribution is 2.41. The second-order valence-electron chi connectivity index (χ2n) is 4.57. The Labute approximate surface area is 124 Å². The lowest BCUT2D eigenvalue weighted by molar-refractivity contribution is 0.399. The summed E-state index contributed by atoms with van der Waals surface area (Å²) in [7, 11) is 0. The number of hydrogen-bond donors (Lipinski definition) is 0. The summed E-state index contributed by atoms with van der Waals surface area (Å²) >= 11 is 6.18. The molecule has 0 amide bonds. The Hall–Kier alpha value is -0.100. The molecule has 3 rings (SSSR count). The lowest BCUT2D eigenvalue weighted by atomic mass is 10.1. The van der Waals surface area contributed by atoms with Gasteiger partial charge in [-0.25, -0.2) is 4.99 Å². The largest absolute Gasteiger partial charge is 0.343 e. The molecule has 1 aromatic rings. The zero-order chi connectivity index (χ0) is 11.8. The number of rotatable bonds is 0. The first-order valence-corrected chi connectivity index (χ1v) is 8.03. The van der Waals surface area contributed by atoms with Gasteiger partial charge in [0.15, 0.2) is 0 Å². The Morgan fingerprint density at radius 1 is 1.29 bits per heavy atom. The van der Waals surface area contributed by atoms with E-state index in [0.717, 1.165) is 18.7 Å². The van der Waals surface area contributed by atoms with E-state index in [9.17, 15) is 0 Å². The minimum atomic E-state index is 0.306. The monoisotopic (exact) mass is 404 g/mol. The molecule has 2 nitrogen and oxygen atoms in total. The van der Waals surface area contributed by atoms with Gasteiger partial charge in [0.2, 0.25) is 0 Å². The molecule has 2 aliphatic heterocycles. The quantitative estimate of drug-likeness (QED) is 0.350. The zero-order valence-corrected chi connectivity index (χ0v) is 13.2. The molecular weight excluding hydrogens is 391 g/mol. The second-order valence-corrected chi connectivity index (χ2v) is 6.68. The van der Waals surface area contributed by atoms with Crippen LogP contribution in [-0.4, -0.2) is 17.3 Å². The average Bonchev–Trinajstić information content (AvgIpc) is 2.54. The lowest BCUT2D eigenvalue weighted by Crippen LogP contribution is -2.34. The molecule has 1 fully saturated rings. The molecular formula is C13H14BrIN2. The Balaban J connectivity index is 2.06.